The smallest absolute Gasteiger partial charge is 0.338 e. The molecule has 0 unspecified atom stereocenters. The van der Waals surface area contributed by atoms with Crippen LogP contribution in [0.5, 0.6) is 5.75 Å². The van der Waals surface area contributed by atoms with Gasteiger partial charge >= 0.3 is 12.0 Å². The van der Waals surface area contributed by atoms with E-state index in [-0.39, 0.29) is 19.1 Å². The molecule has 4 rings (SSSR count). The molecule has 1 aromatic carbocycles. The van der Waals surface area contributed by atoms with Crippen molar-refractivity contribution in [2.75, 3.05) is 46.6 Å². The van der Waals surface area contributed by atoms with Gasteiger partial charge in [-0.05, 0) is 17.7 Å². The quantitative estimate of drug-likeness (QED) is 0.753. The van der Waals surface area contributed by atoms with E-state index in [1.165, 1.54) is 4.90 Å². The van der Waals surface area contributed by atoms with E-state index in [1.807, 2.05) is 0 Å². The third-order valence-corrected chi connectivity index (χ3v) is 5.10. The number of nitrogens with zero attached hydrogens (tertiary/aromatic N) is 2. The average molecular weight is 387 g/mol. The molecule has 3 heterocycles. The van der Waals surface area contributed by atoms with Crippen LogP contribution in [0.25, 0.3) is 0 Å². The van der Waals surface area contributed by atoms with E-state index in [1.54, 1.807) is 36.3 Å². The highest BCUT2D eigenvalue weighted by molar-refractivity contribution is 5.98. The summed E-state index contributed by atoms with van der Waals surface area (Å²) in [5.41, 5.74) is 1.54. The molecule has 1 atom stereocenters. The summed E-state index contributed by atoms with van der Waals surface area (Å²) in [7, 11) is 1.57. The van der Waals surface area contributed by atoms with Gasteiger partial charge in [-0.25, -0.2) is 9.59 Å². The first-order chi connectivity index (χ1) is 13.6. The van der Waals surface area contributed by atoms with Crippen LogP contribution in [0.2, 0.25) is 0 Å². The molecule has 0 saturated carbocycles. The molecule has 0 radical (unpaired) electrons. The predicted octanol–water partition coefficient (Wildman–Crippen LogP) is 0.431. The maximum absolute atomic E-state index is 12.8. The van der Waals surface area contributed by atoms with E-state index in [9.17, 15) is 14.4 Å². The van der Waals surface area contributed by atoms with Gasteiger partial charge < -0.3 is 24.4 Å². The van der Waals surface area contributed by atoms with Gasteiger partial charge in [-0.3, -0.25) is 9.69 Å². The van der Waals surface area contributed by atoms with E-state index in [0.29, 0.717) is 43.3 Å². The summed E-state index contributed by atoms with van der Waals surface area (Å²) >= 11 is 0. The number of carbonyl (C=O) groups excluding carboxylic acids is 3. The highest BCUT2D eigenvalue weighted by atomic mass is 16.5. The Balaban J connectivity index is 1.60. The Hall–Kier alpha value is -3.07. The van der Waals surface area contributed by atoms with Gasteiger partial charge in [0.25, 0.3) is 0 Å². The lowest BCUT2D eigenvalue weighted by Gasteiger charge is -2.34. The molecule has 3 aliphatic rings. The summed E-state index contributed by atoms with van der Waals surface area (Å²) in [6, 6.07) is 6.04. The molecule has 28 heavy (non-hydrogen) atoms. The fourth-order valence-corrected chi connectivity index (χ4v) is 3.57. The molecule has 0 bridgehead atoms. The number of urea groups is 1. The van der Waals surface area contributed by atoms with Gasteiger partial charge in [0.2, 0.25) is 5.91 Å². The number of methoxy groups -OCH3 is 1. The largest absolute Gasteiger partial charge is 0.497 e. The molecule has 0 aliphatic carbocycles. The van der Waals surface area contributed by atoms with Crippen molar-refractivity contribution in [3.8, 4) is 5.75 Å². The van der Waals surface area contributed by atoms with Crippen LogP contribution in [-0.2, 0) is 19.1 Å². The maximum atomic E-state index is 12.8. The zero-order valence-electron chi connectivity index (χ0n) is 15.5. The normalized spacial score (nSPS) is 22.0. The van der Waals surface area contributed by atoms with Crippen LogP contribution in [0.3, 0.4) is 0 Å². The fraction of sp³-hybridized carbons (Fsp3) is 0.421. The van der Waals surface area contributed by atoms with Crippen LogP contribution in [0, 0.1) is 0 Å². The number of morpholine rings is 1. The second-order valence-electron chi connectivity index (χ2n) is 6.67. The summed E-state index contributed by atoms with van der Waals surface area (Å²) in [4.78, 5) is 40.7. The van der Waals surface area contributed by atoms with Crippen LogP contribution < -0.4 is 10.1 Å². The van der Waals surface area contributed by atoms with Crippen molar-refractivity contribution in [2.24, 2.45) is 0 Å². The van der Waals surface area contributed by atoms with Gasteiger partial charge in [0.1, 0.15) is 18.9 Å². The minimum atomic E-state index is -0.627. The monoisotopic (exact) mass is 387 g/mol. The first kappa shape index (κ1) is 18.3. The summed E-state index contributed by atoms with van der Waals surface area (Å²) < 4.78 is 15.6. The number of hydrogen-bond donors (Lipinski definition) is 1. The Labute approximate surface area is 161 Å². The maximum Gasteiger partial charge on any atom is 0.338 e. The van der Waals surface area contributed by atoms with Gasteiger partial charge in [-0.2, -0.15) is 0 Å². The summed E-state index contributed by atoms with van der Waals surface area (Å²) in [6.45, 7) is 1.77. The number of rotatable bonds is 4. The number of esters is 1. The van der Waals surface area contributed by atoms with Crippen molar-refractivity contribution in [1.82, 2.24) is 15.1 Å². The lowest BCUT2D eigenvalue weighted by molar-refractivity contribution is -0.136. The zero-order chi connectivity index (χ0) is 19.7. The van der Waals surface area contributed by atoms with Crippen LogP contribution in [0.4, 0.5) is 4.79 Å². The standard InChI is InChI=1S/C19H21N3O6/c1-26-13-4-2-12(3-5-13)17-16-14(11-28-18(16)24)22(19(25)20-17)10-15(23)21-6-8-27-9-7-21/h2-5,17H,6-11H2,1H3,(H,20,25)/t17-/m0/s1. The molecule has 0 spiro atoms. The molecule has 9 heteroatoms. The van der Waals surface area contributed by atoms with Crippen LogP contribution in [-0.4, -0.2) is 74.3 Å². The second kappa shape index (κ2) is 7.51. The first-order valence-electron chi connectivity index (χ1n) is 9.06. The van der Waals surface area contributed by atoms with Crippen molar-refractivity contribution in [1.29, 1.82) is 0 Å². The molecule has 3 aliphatic heterocycles. The Morgan fingerprint density at radius 1 is 1.21 bits per heavy atom. The predicted molar refractivity (Wildman–Crippen MR) is 96.4 cm³/mol. The number of cyclic esters (lactones) is 1. The molecular formula is C19H21N3O6. The third-order valence-electron chi connectivity index (χ3n) is 5.10. The molecule has 9 nitrogen and oxygen atoms in total. The molecule has 1 fully saturated rings. The molecule has 1 aromatic rings. The van der Waals surface area contributed by atoms with E-state index in [2.05, 4.69) is 5.32 Å². The Morgan fingerprint density at radius 2 is 1.93 bits per heavy atom. The number of ether oxygens (including phenoxy) is 3. The topological polar surface area (TPSA) is 97.4 Å². The fourth-order valence-electron chi connectivity index (χ4n) is 3.57. The number of amides is 3. The molecule has 148 valence electrons. The Kier molecular flexibility index (Phi) is 4.91. The van der Waals surface area contributed by atoms with Crippen molar-refractivity contribution >= 4 is 17.9 Å². The van der Waals surface area contributed by atoms with Crippen molar-refractivity contribution in [3.63, 3.8) is 0 Å². The van der Waals surface area contributed by atoms with Gasteiger partial charge in [0.05, 0.1) is 37.6 Å². The number of hydrogen-bond acceptors (Lipinski definition) is 6. The highest BCUT2D eigenvalue weighted by Crippen LogP contribution is 2.35. The second-order valence-corrected chi connectivity index (χ2v) is 6.67. The number of carbonyl (C=O) groups is 3. The highest BCUT2D eigenvalue weighted by Gasteiger charge is 2.43. The number of nitrogens with one attached hydrogen (secondary N) is 1. The van der Waals surface area contributed by atoms with E-state index in [0.717, 1.165) is 5.56 Å². The Morgan fingerprint density at radius 3 is 2.61 bits per heavy atom. The minimum Gasteiger partial charge on any atom is -0.497 e. The van der Waals surface area contributed by atoms with Gasteiger partial charge in [-0.15, -0.1) is 0 Å². The van der Waals surface area contributed by atoms with E-state index in [4.69, 9.17) is 14.2 Å². The van der Waals surface area contributed by atoms with Crippen LogP contribution >= 0.6 is 0 Å². The number of benzene rings is 1. The third kappa shape index (κ3) is 3.29. The van der Waals surface area contributed by atoms with Gasteiger partial charge in [0.15, 0.2) is 0 Å². The van der Waals surface area contributed by atoms with Crippen LogP contribution in [0.15, 0.2) is 35.5 Å². The summed E-state index contributed by atoms with van der Waals surface area (Å²) in [5.74, 6) is -0.000919. The summed E-state index contributed by atoms with van der Waals surface area (Å²) in [5, 5.41) is 2.82. The van der Waals surface area contributed by atoms with Gasteiger partial charge in [0, 0.05) is 13.1 Å². The molecule has 1 saturated heterocycles. The molecule has 0 aromatic heterocycles. The lowest BCUT2D eigenvalue weighted by atomic mass is 9.95. The van der Waals surface area contributed by atoms with Crippen LogP contribution in [0.1, 0.15) is 11.6 Å². The van der Waals surface area contributed by atoms with E-state index >= 15 is 0 Å². The average Bonchev–Trinajstić information content (AvgIpc) is 3.12. The zero-order valence-corrected chi connectivity index (χ0v) is 15.5. The van der Waals surface area contributed by atoms with Crippen molar-refractivity contribution in [3.05, 3.63) is 41.1 Å². The van der Waals surface area contributed by atoms with E-state index < -0.39 is 18.0 Å². The lowest BCUT2D eigenvalue weighted by Crippen LogP contribution is -2.52. The van der Waals surface area contributed by atoms with Crippen molar-refractivity contribution in [2.45, 2.75) is 6.04 Å². The molecule has 3 amide bonds. The molecule has 1 N–H and O–H groups in total. The Bertz CT molecular complexity index is 829. The summed E-state index contributed by atoms with van der Waals surface area (Å²) in [6.07, 6.45) is 0. The van der Waals surface area contributed by atoms with Gasteiger partial charge in [-0.1, -0.05) is 12.1 Å². The molecular weight excluding hydrogens is 366 g/mol. The SMILES string of the molecule is COc1ccc([C@@H]2NC(=O)N(CC(=O)N3CCOCC3)C3=C2C(=O)OC3)cc1. The first-order valence-corrected chi connectivity index (χ1v) is 9.06. The minimum absolute atomic E-state index is 0.0232. The van der Waals surface area contributed by atoms with Crippen molar-refractivity contribution < 1.29 is 28.6 Å².